The monoisotopic (exact) mass is 440 g/mol. The van der Waals surface area contributed by atoms with Crippen LogP contribution in [0.2, 0.25) is 0 Å². The maximum Gasteiger partial charge on any atom is 0.349 e. The molecule has 5 nitrogen and oxygen atoms in total. The van der Waals surface area contributed by atoms with E-state index in [9.17, 15) is 9.59 Å². The number of carbonyl (C=O) groups excluding carboxylic acids is 1. The lowest BCUT2D eigenvalue weighted by molar-refractivity contribution is 0.102. The average Bonchev–Trinajstić information content (AvgIpc) is 3.10. The van der Waals surface area contributed by atoms with Gasteiger partial charge in [-0.15, -0.1) is 11.3 Å². The number of fused-ring (bicyclic) bond motifs is 1. The second-order valence-corrected chi connectivity index (χ2v) is 7.76. The van der Waals surface area contributed by atoms with Gasteiger partial charge in [0.2, 0.25) is 0 Å². The third-order valence-electron chi connectivity index (χ3n) is 4.01. The number of hydrogen-bond donors (Lipinski definition) is 1. The number of nitrogens with one attached hydrogen (secondary N) is 1. The van der Waals surface area contributed by atoms with Crippen molar-refractivity contribution in [1.82, 2.24) is 4.98 Å². The van der Waals surface area contributed by atoms with E-state index in [0.29, 0.717) is 16.1 Å². The second-order valence-electron chi connectivity index (χ2n) is 5.99. The zero-order valence-corrected chi connectivity index (χ0v) is 16.6. The van der Waals surface area contributed by atoms with Crippen LogP contribution in [0.15, 0.2) is 67.6 Å². The van der Waals surface area contributed by atoms with E-state index < -0.39 is 11.5 Å². The van der Waals surface area contributed by atoms with Crippen molar-refractivity contribution in [2.45, 2.75) is 6.92 Å². The van der Waals surface area contributed by atoms with E-state index in [4.69, 9.17) is 4.42 Å². The quantitative estimate of drug-likeness (QED) is 0.442. The van der Waals surface area contributed by atoms with Crippen LogP contribution in [0.5, 0.6) is 0 Å². The van der Waals surface area contributed by atoms with E-state index in [-0.39, 0.29) is 5.56 Å². The maximum atomic E-state index is 12.5. The molecule has 0 saturated carbocycles. The van der Waals surface area contributed by atoms with Gasteiger partial charge in [-0.2, -0.15) is 0 Å². The van der Waals surface area contributed by atoms with Crippen LogP contribution in [0.4, 0.5) is 5.13 Å². The van der Waals surface area contributed by atoms with Crippen LogP contribution in [0, 0.1) is 6.92 Å². The molecule has 0 aliphatic carbocycles. The summed E-state index contributed by atoms with van der Waals surface area (Å²) in [5, 5.41) is 5.62. The van der Waals surface area contributed by atoms with Crippen molar-refractivity contribution >= 4 is 49.3 Å². The minimum Gasteiger partial charge on any atom is -0.422 e. The van der Waals surface area contributed by atoms with Crippen molar-refractivity contribution in [3.63, 3.8) is 0 Å². The molecule has 0 aliphatic heterocycles. The van der Waals surface area contributed by atoms with E-state index in [2.05, 4.69) is 26.2 Å². The summed E-state index contributed by atoms with van der Waals surface area (Å²) in [6, 6.07) is 14.7. The highest BCUT2D eigenvalue weighted by Crippen LogP contribution is 2.26. The summed E-state index contributed by atoms with van der Waals surface area (Å²) in [6.45, 7) is 2.02. The first-order valence-corrected chi connectivity index (χ1v) is 9.74. The molecular formula is C20H13BrN2O3S. The third kappa shape index (κ3) is 3.70. The van der Waals surface area contributed by atoms with Crippen LogP contribution in [-0.4, -0.2) is 10.9 Å². The van der Waals surface area contributed by atoms with Gasteiger partial charge in [-0.3, -0.25) is 10.1 Å². The van der Waals surface area contributed by atoms with Gasteiger partial charge in [0.05, 0.1) is 5.69 Å². The molecule has 0 unspecified atom stereocenters. The molecule has 27 heavy (non-hydrogen) atoms. The summed E-state index contributed by atoms with van der Waals surface area (Å²) in [5.41, 5.74) is 2.58. The average molecular weight is 441 g/mol. The normalized spacial score (nSPS) is 10.9. The number of halogens is 1. The highest BCUT2D eigenvalue weighted by molar-refractivity contribution is 9.10. The molecule has 0 bridgehead atoms. The number of amides is 1. The first-order valence-electron chi connectivity index (χ1n) is 8.07. The Balaban J connectivity index is 1.61. The molecule has 0 spiro atoms. The first kappa shape index (κ1) is 17.6. The molecular weight excluding hydrogens is 428 g/mol. The SMILES string of the molecule is Cc1ccc(-c2csc(NC(=O)c3cc4cc(Br)ccc4oc3=O)n2)cc1. The second kappa shape index (κ2) is 7.09. The van der Waals surface area contributed by atoms with Gasteiger partial charge in [0, 0.05) is 20.8 Å². The van der Waals surface area contributed by atoms with Crippen molar-refractivity contribution in [3.05, 3.63) is 79.9 Å². The van der Waals surface area contributed by atoms with E-state index in [1.165, 1.54) is 17.4 Å². The Bertz CT molecular complexity index is 1210. The number of carbonyl (C=O) groups is 1. The van der Waals surface area contributed by atoms with Crippen molar-refractivity contribution in [1.29, 1.82) is 0 Å². The summed E-state index contributed by atoms with van der Waals surface area (Å²) in [5.74, 6) is -0.546. The number of nitrogens with zero attached hydrogens (tertiary/aromatic N) is 1. The Morgan fingerprint density at radius 2 is 1.93 bits per heavy atom. The van der Waals surface area contributed by atoms with Crippen molar-refractivity contribution < 1.29 is 9.21 Å². The van der Waals surface area contributed by atoms with E-state index in [0.717, 1.165) is 21.3 Å². The highest BCUT2D eigenvalue weighted by Gasteiger charge is 2.16. The van der Waals surface area contributed by atoms with E-state index in [1.807, 2.05) is 36.6 Å². The summed E-state index contributed by atoms with van der Waals surface area (Å²) in [6.07, 6.45) is 0. The van der Waals surface area contributed by atoms with Crippen molar-refractivity contribution in [2.24, 2.45) is 0 Å². The van der Waals surface area contributed by atoms with Crippen LogP contribution in [0.1, 0.15) is 15.9 Å². The van der Waals surface area contributed by atoms with Crippen molar-refractivity contribution in [2.75, 3.05) is 5.32 Å². The number of anilines is 1. The highest BCUT2D eigenvalue weighted by atomic mass is 79.9. The minimum absolute atomic E-state index is 0.0623. The Hall–Kier alpha value is -2.77. The van der Waals surface area contributed by atoms with Gasteiger partial charge >= 0.3 is 5.63 Å². The smallest absolute Gasteiger partial charge is 0.349 e. The Labute approximate surface area is 166 Å². The molecule has 134 valence electrons. The lowest BCUT2D eigenvalue weighted by Crippen LogP contribution is -2.20. The predicted molar refractivity (Wildman–Crippen MR) is 110 cm³/mol. The number of benzene rings is 2. The molecule has 0 saturated heterocycles. The standard InChI is InChI=1S/C20H13BrN2O3S/c1-11-2-4-12(5-3-11)16-10-27-20(22-16)23-18(24)15-9-13-8-14(21)6-7-17(13)26-19(15)25/h2-10H,1H3,(H,22,23,24). The summed E-state index contributed by atoms with van der Waals surface area (Å²) in [4.78, 5) is 29.1. The van der Waals surface area contributed by atoms with Crippen molar-refractivity contribution in [3.8, 4) is 11.3 Å². The Morgan fingerprint density at radius 3 is 2.70 bits per heavy atom. The summed E-state index contributed by atoms with van der Waals surface area (Å²) < 4.78 is 6.07. The summed E-state index contributed by atoms with van der Waals surface area (Å²) >= 11 is 4.67. The van der Waals surface area contributed by atoms with Gasteiger partial charge in [0.15, 0.2) is 5.13 Å². The minimum atomic E-state index is -0.683. The molecule has 0 fully saturated rings. The zero-order chi connectivity index (χ0) is 19.0. The van der Waals surface area contributed by atoms with E-state index >= 15 is 0 Å². The lowest BCUT2D eigenvalue weighted by Gasteiger charge is -2.03. The Kier molecular flexibility index (Phi) is 4.63. The van der Waals surface area contributed by atoms with Crippen LogP contribution in [0.3, 0.4) is 0 Å². The maximum absolute atomic E-state index is 12.5. The number of aryl methyl sites for hydroxylation is 1. The molecule has 4 rings (SSSR count). The Morgan fingerprint density at radius 1 is 1.15 bits per heavy atom. The van der Waals surface area contributed by atoms with Crippen LogP contribution >= 0.6 is 27.3 Å². The molecule has 2 heterocycles. The summed E-state index contributed by atoms with van der Waals surface area (Å²) in [7, 11) is 0. The topological polar surface area (TPSA) is 72.2 Å². The molecule has 0 aliphatic rings. The number of hydrogen-bond acceptors (Lipinski definition) is 5. The van der Waals surface area contributed by atoms with Crippen LogP contribution in [0.25, 0.3) is 22.2 Å². The number of thiazole rings is 1. The molecule has 2 aromatic carbocycles. The van der Waals surface area contributed by atoms with Gasteiger partial charge in [-0.1, -0.05) is 45.8 Å². The first-order chi connectivity index (χ1) is 13.0. The third-order valence-corrected chi connectivity index (χ3v) is 5.26. The van der Waals surface area contributed by atoms with Gasteiger partial charge in [0.1, 0.15) is 11.1 Å². The van der Waals surface area contributed by atoms with Gasteiger partial charge < -0.3 is 4.42 Å². The number of rotatable bonds is 3. The van der Waals surface area contributed by atoms with Gasteiger partial charge in [0.25, 0.3) is 5.91 Å². The lowest BCUT2D eigenvalue weighted by atomic mass is 10.1. The largest absolute Gasteiger partial charge is 0.422 e. The zero-order valence-electron chi connectivity index (χ0n) is 14.2. The molecule has 0 radical (unpaired) electrons. The fourth-order valence-corrected chi connectivity index (χ4v) is 3.70. The predicted octanol–water partition coefficient (Wildman–Crippen LogP) is 5.24. The molecule has 1 N–H and O–H groups in total. The van der Waals surface area contributed by atoms with Gasteiger partial charge in [-0.25, -0.2) is 9.78 Å². The molecule has 1 amide bonds. The fraction of sp³-hybridized carbons (Fsp3) is 0.0500. The fourth-order valence-electron chi connectivity index (χ4n) is 2.61. The van der Waals surface area contributed by atoms with Crippen LogP contribution < -0.4 is 10.9 Å². The molecule has 0 atom stereocenters. The molecule has 4 aromatic rings. The van der Waals surface area contributed by atoms with Crippen LogP contribution in [-0.2, 0) is 0 Å². The molecule has 2 aromatic heterocycles. The van der Waals surface area contributed by atoms with E-state index in [1.54, 1.807) is 18.2 Å². The molecule has 7 heteroatoms. The van der Waals surface area contributed by atoms with Gasteiger partial charge in [-0.05, 0) is 31.2 Å². The number of aromatic nitrogens is 1.